The van der Waals surface area contributed by atoms with Crippen LogP contribution in [-0.4, -0.2) is 38.7 Å². The number of aliphatic imine (C=N–C) groups is 1. The van der Waals surface area contributed by atoms with Crippen molar-refractivity contribution in [2.24, 2.45) is 4.99 Å². The molecule has 1 aromatic heterocycles. The van der Waals surface area contributed by atoms with Crippen LogP contribution in [0.3, 0.4) is 0 Å². The Balaban J connectivity index is 1.69. The largest absolute Gasteiger partial charge is 0.326 e. The van der Waals surface area contributed by atoms with Gasteiger partial charge in [-0.1, -0.05) is 29.4 Å². The highest BCUT2D eigenvalue weighted by atomic mass is 35.5. The quantitative estimate of drug-likeness (QED) is 0.737. The first-order valence-corrected chi connectivity index (χ1v) is 9.83. The van der Waals surface area contributed by atoms with Gasteiger partial charge in [0.2, 0.25) is 16.9 Å². The van der Waals surface area contributed by atoms with Gasteiger partial charge >= 0.3 is 0 Å². The van der Waals surface area contributed by atoms with Crippen LogP contribution in [0.5, 0.6) is 0 Å². The molecule has 0 bridgehead atoms. The topological polar surface area (TPSA) is 74.7 Å². The summed E-state index contributed by atoms with van der Waals surface area (Å²) in [6.45, 7) is 4.02. The van der Waals surface area contributed by atoms with Gasteiger partial charge in [0.1, 0.15) is 5.25 Å². The SMILES string of the molecule is C=CCN1C(=O)C(CC(=O)Nc2ccc(Cl)cc2)S/C1=N\c1nccs1. The number of carbonyl (C=O) groups is 2. The number of rotatable bonds is 6. The van der Waals surface area contributed by atoms with Crippen LogP contribution in [0.2, 0.25) is 5.02 Å². The van der Waals surface area contributed by atoms with Crippen molar-refractivity contribution in [3.8, 4) is 0 Å². The molecule has 1 unspecified atom stereocenters. The van der Waals surface area contributed by atoms with Crippen LogP contribution in [0.4, 0.5) is 10.8 Å². The molecule has 0 saturated carbocycles. The van der Waals surface area contributed by atoms with Gasteiger partial charge in [-0.05, 0) is 24.3 Å². The molecule has 1 aliphatic heterocycles. The molecule has 3 rings (SSSR count). The maximum absolute atomic E-state index is 12.6. The molecule has 2 amide bonds. The van der Waals surface area contributed by atoms with E-state index in [9.17, 15) is 9.59 Å². The van der Waals surface area contributed by atoms with Crippen molar-refractivity contribution in [1.29, 1.82) is 0 Å². The van der Waals surface area contributed by atoms with E-state index >= 15 is 0 Å². The minimum atomic E-state index is -0.527. The molecule has 1 N–H and O–H groups in total. The molecule has 1 fully saturated rings. The lowest BCUT2D eigenvalue weighted by molar-refractivity contribution is -0.127. The number of benzene rings is 1. The fraction of sp³-hybridized carbons (Fsp3) is 0.176. The second-order valence-electron chi connectivity index (χ2n) is 5.31. The third-order valence-electron chi connectivity index (χ3n) is 3.44. The first-order valence-electron chi connectivity index (χ1n) is 7.69. The van der Waals surface area contributed by atoms with Crippen LogP contribution in [0.25, 0.3) is 0 Å². The summed E-state index contributed by atoms with van der Waals surface area (Å²) in [6, 6.07) is 6.81. The fourth-order valence-corrected chi connectivity index (χ4v) is 4.13. The minimum absolute atomic E-state index is 0.0522. The number of amidine groups is 1. The Morgan fingerprint density at radius 1 is 1.42 bits per heavy atom. The zero-order valence-corrected chi connectivity index (χ0v) is 16.0. The molecule has 2 aromatic rings. The zero-order valence-electron chi connectivity index (χ0n) is 13.6. The molecule has 0 spiro atoms. The van der Waals surface area contributed by atoms with Gasteiger partial charge in [0.05, 0.1) is 0 Å². The summed E-state index contributed by atoms with van der Waals surface area (Å²) in [5.41, 5.74) is 0.634. The number of hydrogen-bond donors (Lipinski definition) is 1. The number of carbonyl (C=O) groups excluding carboxylic acids is 2. The van der Waals surface area contributed by atoms with Crippen LogP contribution in [0, 0.1) is 0 Å². The van der Waals surface area contributed by atoms with E-state index in [0.717, 1.165) is 0 Å². The van der Waals surface area contributed by atoms with Crippen LogP contribution in [-0.2, 0) is 9.59 Å². The van der Waals surface area contributed by atoms with E-state index in [1.54, 1.807) is 36.5 Å². The fourth-order valence-electron chi connectivity index (χ4n) is 2.29. The average Bonchev–Trinajstić information content (AvgIpc) is 3.22. The lowest BCUT2D eigenvalue weighted by Crippen LogP contribution is -2.33. The maximum Gasteiger partial charge on any atom is 0.242 e. The molecular weight excluding hydrogens is 392 g/mol. The Morgan fingerprint density at radius 2 is 2.19 bits per heavy atom. The maximum atomic E-state index is 12.6. The summed E-state index contributed by atoms with van der Waals surface area (Å²) in [4.78, 5) is 35.0. The third kappa shape index (κ3) is 4.51. The number of nitrogens with one attached hydrogen (secondary N) is 1. The van der Waals surface area contributed by atoms with E-state index in [1.807, 2.05) is 5.38 Å². The van der Waals surface area contributed by atoms with Gasteiger partial charge in [-0.2, -0.15) is 4.99 Å². The van der Waals surface area contributed by atoms with Gasteiger partial charge in [-0.3, -0.25) is 14.5 Å². The molecule has 1 atom stereocenters. The van der Waals surface area contributed by atoms with Crippen LogP contribution in [0.15, 0.2) is 53.5 Å². The first kappa shape index (κ1) is 18.6. The van der Waals surface area contributed by atoms with Gasteiger partial charge in [-0.15, -0.1) is 17.9 Å². The zero-order chi connectivity index (χ0) is 18.5. The minimum Gasteiger partial charge on any atom is -0.326 e. The summed E-state index contributed by atoms with van der Waals surface area (Å²) in [7, 11) is 0. The summed E-state index contributed by atoms with van der Waals surface area (Å²) in [5.74, 6) is -0.399. The number of anilines is 1. The van der Waals surface area contributed by atoms with Crippen LogP contribution in [0.1, 0.15) is 6.42 Å². The highest BCUT2D eigenvalue weighted by Crippen LogP contribution is 2.32. The number of thiazole rings is 1. The summed E-state index contributed by atoms with van der Waals surface area (Å²) >= 11 is 8.49. The normalized spacial score (nSPS) is 18.3. The van der Waals surface area contributed by atoms with Crippen molar-refractivity contribution < 1.29 is 9.59 Å². The van der Waals surface area contributed by atoms with E-state index in [0.29, 0.717) is 27.6 Å². The predicted octanol–water partition coefficient (Wildman–Crippen LogP) is 3.94. The van der Waals surface area contributed by atoms with E-state index in [-0.39, 0.29) is 18.2 Å². The highest BCUT2D eigenvalue weighted by molar-refractivity contribution is 8.15. The number of halogens is 1. The van der Waals surface area contributed by atoms with Crippen molar-refractivity contribution in [3.05, 3.63) is 53.5 Å². The molecule has 26 heavy (non-hydrogen) atoms. The highest BCUT2D eigenvalue weighted by Gasteiger charge is 2.38. The Bertz CT molecular complexity index is 837. The summed E-state index contributed by atoms with van der Waals surface area (Å²) < 4.78 is 0. The lowest BCUT2D eigenvalue weighted by atomic mass is 10.2. The summed E-state index contributed by atoms with van der Waals surface area (Å²) in [6.07, 6.45) is 3.34. The Hall–Kier alpha value is -2.16. The standard InChI is InChI=1S/C17H15ClN4O2S2/c1-2-8-22-15(24)13(26-17(22)21-16-19-7-9-25-16)10-14(23)20-12-5-3-11(18)4-6-12/h2-7,9,13H,1,8,10H2,(H,20,23)/b21-17-. The monoisotopic (exact) mass is 406 g/mol. The lowest BCUT2D eigenvalue weighted by Gasteiger charge is -2.13. The number of aromatic nitrogens is 1. The molecular formula is C17H15ClN4O2S2. The van der Waals surface area contributed by atoms with Gasteiger partial charge in [0.25, 0.3) is 0 Å². The van der Waals surface area contributed by atoms with Crippen LogP contribution >= 0.6 is 34.7 Å². The molecule has 9 heteroatoms. The number of nitrogens with zero attached hydrogens (tertiary/aromatic N) is 3. The molecule has 6 nitrogen and oxygen atoms in total. The molecule has 0 aliphatic carbocycles. The second-order valence-corrected chi connectivity index (χ2v) is 7.79. The predicted molar refractivity (Wildman–Crippen MR) is 107 cm³/mol. The number of thioether (sulfide) groups is 1. The molecule has 134 valence electrons. The third-order valence-corrected chi connectivity index (χ3v) is 5.53. The summed E-state index contributed by atoms with van der Waals surface area (Å²) in [5, 5.41) is 5.76. The molecule has 1 saturated heterocycles. The van der Waals surface area contributed by atoms with Gasteiger partial charge < -0.3 is 5.32 Å². The second kappa shape index (κ2) is 8.48. The molecule has 1 aromatic carbocycles. The first-order chi connectivity index (χ1) is 12.6. The van der Waals surface area contributed by atoms with Crippen molar-refractivity contribution in [2.45, 2.75) is 11.7 Å². The Morgan fingerprint density at radius 3 is 2.85 bits per heavy atom. The molecule has 2 heterocycles. The average molecular weight is 407 g/mol. The van der Waals surface area contributed by atoms with Gasteiger partial charge in [0.15, 0.2) is 5.17 Å². The molecule has 0 radical (unpaired) electrons. The number of amides is 2. The molecule has 1 aliphatic rings. The van der Waals surface area contributed by atoms with E-state index in [1.165, 1.54) is 28.0 Å². The smallest absolute Gasteiger partial charge is 0.242 e. The number of hydrogen-bond acceptors (Lipinski definition) is 6. The van der Waals surface area contributed by atoms with E-state index in [2.05, 4.69) is 21.9 Å². The van der Waals surface area contributed by atoms with Crippen molar-refractivity contribution in [1.82, 2.24) is 9.88 Å². The van der Waals surface area contributed by atoms with Gasteiger partial charge in [-0.25, -0.2) is 4.98 Å². The Labute approximate surface area is 164 Å². The van der Waals surface area contributed by atoms with Crippen molar-refractivity contribution in [2.75, 3.05) is 11.9 Å². The van der Waals surface area contributed by atoms with Crippen molar-refractivity contribution in [3.63, 3.8) is 0 Å². The van der Waals surface area contributed by atoms with E-state index < -0.39 is 5.25 Å². The van der Waals surface area contributed by atoms with Gasteiger partial charge in [0, 0.05) is 35.3 Å². The Kier molecular flexibility index (Phi) is 6.08. The van der Waals surface area contributed by atoms with E-state index in [4.69, 9.17) is 11.6 Å². The van der Waals surface area contributed by atoms with Crippen LogP contribution < -0.4 is 5.32 Å². The van der Waals surface area contributed by atoms with Crippen molar-refractivity contribution >= 4 is 62.5 Å².